The van der Waals surface area contributed by atoms with Gasteiger partial charge in [-0.3, -0.25) is 9.59 Å². The number of carbonyl (C=O) groups is 2. The van der Waals surface area contributed by atoms with Crippen LogP contribution in [0, 0.1) is 5.82 Å². The highest BCUT2D eigenvalue weighted by Gasteiger charge is 2.34. The largest absolute Gasteiger partial charge is 0.485 e. The number of hydrogen-bond donors (Lipinski definition) is 0. The van der Waals surface area contributed by atoms with Crippen molar-refractivity contribution in [2.45, 2.75) is 19.1 Å². The van der Waals surface area contributed by atoms with Gasteiger partial charge in [-0.05, 0) is 23.8 Å². The number of hydrogen-bond acceptors (Lipinski definition) is 4. The summed E-state index contributed by atoms with van der Waals surface area (Å²) in [5, 5.41) is 1.07. The number of halogens is 3. The lowest BCUT2D eigenvalue weighted by Crippen LogP contribution is -2.54. The van der Waals surface area contributed by atoms with E-state index in [1.54, 1.807) is 18.2 Å². The number of nitrogens with zero attached hydrogens (tertiary/aromatic N) is 1. The van der Waals surface area contributed by atoms with Crippen molar-refractivity contribution in [3.05, 3.63) is 62.9 Å². The molecule has 146 valence electrons. The fraction of sp³-hybridized carbons (Fsp3) is 0.300. The zero-order valence-corrected chi connectivity index (χ0v) is 16.2. The molecule has 0 aliphatic carbocycles. The second-order valence-electron chi connectivity index (χ2n) is 6.82. The molecule has 0 atom stereocenters. The number of benzene rings is 2. The summed E-state index contributed by atoms with van der Waals surface area (Å²) in [6, 6.07) is 7.75. The first-order valence-corrected chi connectivity index (χ1v) is 9.48. The number of carbonyl (C=O) groups excluding carboxylic acids is 2. The summed E-state index contributed by atoms with van der Waals surface area (Å²) in [6.07, 6.45) is -0.00924. The van der Waals surface area contributed by atoms with E-state index in [-0.39, 0.29) is 30.5 Å². The highest BCUT2D eigenvalue weighted by atomic mass is 35.5. The number of rotatable bonds is 4. The first kappa shape index (κ1) is 19.2. The zero-order chi connectivity index (χ0) is 19.8. The second-order valence-corrected chi connectivity index (χ2v) is 7.67. The third kappa shape index (κ3) is 3.85. The van der Waals surface area contributed by atoms with Crippen LogP contribution in [0.1, 0.15) is 21.5 Å². The van der Waals surface area contributed by atoms with Crippen LogP contribution in [0.25, 0.3) is 0 Å². The Kier molecular flexibility index (Phi) is 5.27. The molecule has 2 aromatic carbocycles. The van der Waals surface area contributed by atoms with Gasteiger partial charge in [0.05, 0.1) is 18.3 Å². The number of ether oxygens (including phenoxy) is 2. The van der Waals surface area contributed by atoms with E-state index in [9.17, 15) is 14.0 Å². The molecule has 0 saturated carbocycles. The zero-order valence-electron chi connectivity index (χ0n) is 14.7. The fourth-order valence-electron chi connectivity index (χ4n) is 3.18. The van der Waals surface area contributed by atoms with Gasteiger partial charge in [0.15, 0.2) is 5.78 Å². The molecule has 5 nitrogen and oxygen atoms in total. The first-order chi connectivity index (χ1) is 13.4. The predicted octanol–water partition coefficient (Wildman–Crippen LogP) is 3.68. The van der Waals surface area contributed by atoms with E-state index in [0.717, 1.165) is 5.56 Å². The van der Waals surface area contributed by atoms with Crippen molar-refractivity contribution in [3.63, 3.8) is 0 Å². The third-order valence-corrected chi connectivity index (χ3v) is 5.37. The lowest BCUT2D eigenvalue weighted by Gasteiger charge is -2.39. The minimum atomic E-state index is -0.657. The molecule has 1 fully saturated rings. The Bertz CT molecular complexity index is 959. The Balaban J connectivity index is 1.36. The van der Waals surface area contributed by atoms with Crippen LogP contribution >= 0.6 is 23.2 Å². The van der Waals surface area contributed by atoms with Crippen molar-refractivity contribution in [1.29, 1.82) is 0 Å². The molecule has 4 rings (SSSR count). The van der Waals surface area contributed by atoms with Crippen LogP contribution in [-0.2, 0) is 22.6 Å². The standard InChI is InChI=1S/C20H16Cl2FNO4/c21-13-2-1-11(17(22)5-13)9-27-15-7-24(8-15)20(26)16-4-12-3-14(25)10-28-19(12)6-18(16)23/h1-2,4-6,15H,3,7-10H2. The van der Waals surface area contributed by atoms with Gasteiger partial charge < -0.3 is 14.4 Å². The van der Waals surface area contributed by atoms with Gasteiger partial charge in [-0.15, -0.1) is 0 Å². The maximum absolute atomic E-state index is 14.3. The smallest absolute Gasteiger partial charge is 0.257 e. The molecule has 1 amide bonds. The van der Waals surface area contributed by atoms with E-state index in [1.807, 2.05) is 0 Å². The lowest BCUT2D eigenvalue weighted by atomic mass is 10.0. The average Bonchev–Trinajstić information content (AvgIpc) is 2.61. The van der Waals surface area contributed by atoms with Crippen molar-refractivity contribution in [2.75, 3.05) is 19.7 Å². The quantitative estimate of drug-likeness (QED) is 0.752. The van der Waals surface area contributed by atoms with Crippen molar-refractivity contribution < 1.29 is 23.5 Å². The van der Waals surface area contributed by atoms with Gasteiger partial charge in [0.1, 0.15) is 18.2 Å². The Morgan fingerprint density at radius 3 is 2.79 bits per heavy atom. The van der Waals surface area contributed by atoms with Crippen LogP contribution < -0.4 is 4.74 Å². The summed E-state index contributed by atoms with van der Waals surface area (Å²) in [7, 11) is 0. The third-order valence-electron chi connectivity index (χ3n) is 4.78. The van der Waals surface area contributed by atoms with Crippen LogP contribution in [0.3, 0.4) is 0 Å². The molecule has 0 spiro atoms. The predicted molar refractivity (Wildman–Crippen MR) is 102 cm³/mol. The maximum Gasteiger partial charge on any atom is 0.257 e. The summed E-state index contributed by atoms with van der Waals surface area (Å²) in [5.74, 6) is -0.868. The number of likely N-dealkylation sites (tertiary alicyclic amines) is 1. The highest BCUT2D eigenvalue weighted by Crippen LogP contribution is 2.29. The molecule has 8 heteroatoms. The molecule has 2 aliphatic rings. The molecule has 0 bridgehead atoms. The summed E-state index contributed by atoms with van der Waals surface area (Å²) >= 11 is 12.0. The monoisotopic (exact) mass is 423 g/mol. The van der Waals surface area contributed by atoms with Crippen molar-refractivity contribution in [2.24, 2.45) is 0 Å². The highest BCUT2D eigenvalue weighted by molar-refractivity contribution is 6.35. The topological polar surface area (TPSA) is 55.8 Å². The molecule has 2 heterocycles. The molecular formula is C20H16Cl2FNO4. The molecule has 0 aromatic heterocycles. The van der Waals surface area contributed by atoms with Crippen molar-refractivity contribution in [3.8, 4) is 5.75 Å². The average molecular weight is 424 g/mol. The van der Waals surface area contributed by atoms with E-state index < -0.39 is 11.7 Å². The number of fused-ring (bicyclic) bond motifs is 1. The van der Waals surface area contributed by atoms with Gasteiger partial charge in [0.25, 0.3) is 5.91 Å². The Hall–Kier alpha value is -2.15. The fourth-order valence-corrected chi connectivity index (χ4v) is 3.65. The second kappa shape index (κ2) is 7.70. The maximum atomic E-state index is 14.3. The van der Waals surface area contributed by atoms with Gasteiger partial charge >= 0.3 is 0 Å². The summed E-state index contributed by atoms with van der Waals surface area (Å²) in [4.78, 5) is 25.6. The van der Waals surface area contributed by atoms with Gasteiger partial charge in [-0.2, -0.15) is 0 Å². The van der Waals surface area contributed by atoms with E-state index in [1.165, 1.54) is 17.0 Å². The molecular weight excluding hydrogens is 408 g/mol. The van der Waals surface area contributed by atoms with Crippen molar-refractivity contribution in [1.82, 2.24) is 4.90 Å². The normalized spacial score (nSPS) is 16.4. The van der Waals surface area contributed by atoms with Gasteiger partial charge in [-0.1, -0.05) is 29.3 Å². The van der Waals surface area contributed by atoms with E-state index >= 15 is 0 Å². The summed E-state index contributed by atoms with van der Waals surface area (Å²) in [5.41, 5.74) is 1.28. The lowest BCUT2D eigenvalue weighted by molar-refractivity contribution is -0.121. The molecule has 28 heavy (non-hydrogen) atoms. The Morgan fingerprint density at radius 1 is 1.25 bits per heavy atom. The van der Waals surface area contributed by atoms with E-state index in [2.05, 4.69) is 0 Å². The number of Topliss-reactive ketones (excluding diaryl/α,β-unsaturated/α-hetero) is 1. The molecule has 1 saturated heterocycles. The number of amides is 1. The van der Waals surface area contributed by atoms with E-state index in [0.29, 0.717) is 41.1 Å². The van der Waals surface area contributed by atoms with Crippen LogP contribution in [0.15, 0.2) is 30.3 Å². The Labute approximate surface area is 170 Å². The van der Waals surface area contributed by atoms with Gasteiger partial charge in [0.2, 0.25) is 0 Å². The molecule has 2 aliphatic heterocycles. The first-order valence-electron chi connectivity index (χ1n) is 8.72. The molecule has 0 N–H and O–H groups in total. The van der Waals surface area contributed by atoms with Gasteiger partial charge in [-0.25, -0.2) is 4.39 Å². The van der Waals surface area contributed by atoms with Crippen LogP contribution in [-0.4, -0.2) is 42.4 Å². The van der Waals surface area contributed by atoms with Gasteiger partial charge in [0, 0.05) is 41.2 Å². The van der Waals surface area contributed by atoms with Crippen LogP contribution in [0.4, 0.5) is 4.39 Å². The number of ketones is 1. The molecule has 0 radical (unpaired) electrons. The summed E-state index contributed by atoms with van der Waals surface area (Å²) < 4.78 is 25.3. The van der Waals surface area contributed by atoms with Crippen LogP contribution in [0.5, 0.6) is 5.75 Å². The minimum absolute atomic E-state index is 0.0590. The molecule has 0 unspecified atom stereocenters. The SMILES string of the molecule is O=C1COc2cc(F)c(C(=O)N3CC(OCc4ccc(Cl)cc4Cl)C3)cc2C1. The van der Waals surface area contributed by atoms with Crippen molar-refractivity contribution >= 4 is 34.9 Å². The summed E-state index contributed by atoms with van der Waals surface area (Å²) in [6.45, 7) is 0.948. The van der Waals surface area contributed by atoms with Crippen LogP contribution in [0.2, 0.25) is 10.0 Å². The Morgan fingerprint density at radius 2 is 2.04 bits per heavy atom. The van der Waals surface area contributed by atoms with E-state index in [4.69, 9.17) is 32.7 Å². The minimum Gasteiger partial charge on any atom is -0.485 e. The molecule has 2 aromatic rings.